The zero-order valence-corrected chi connectivity index (χ0v) is 19.6. The SMILES string of the molecule is CCOc1ccc2nc(NNC(=O)c3ccc(S(=O)(=O)N4CCC(C)CC4)cc3)sc2c1. The molecule has 8 nitrogen and oxygen atoms in total. The number of hydrogen-bond donors (Lipinski definition) is 2. The van der Waals surface area contributed by atoms with Crippen molar-refractivity contribution >= 4 is 42.6 Å². The number of amides is 1. The number of hydrogen-bond acceptors (Lipinski definition) is 7. The summed E-state index contributed by atoms with van der Waals surface area (Å²) >= 11 is 1.39. The van der Waals surface area contributed by atoms with E-state index in [1.807, 2.05) is 25.1 Å². The van der Waals surface area contributed by atoms with Gasteiger partial charge in [-0.25, -0.2) is 13.4 Å². The first-order chi connectivity index (χ1) is 15.4. The molecule has 1 aliphatic heterocycles. The van der Waals surface area contributed by atoms with E-state index in [2.05, 4.69) is 22.8 Å². The Bertz CT molecular complexity index is 1200. The van der Waals surface area contributed by atoms with Crippen molar-refractivity contribution < 1.29 is 17.9 Å². The minimum atomic E-state index is -3.54. The number of nitrogens with zero attached hydrogens (tertiary/aromatic N) is 2. The van der Waals surface area contributed by atoms with E-state index in [0.29, 0.717) is 36.3 Å². The molecule has 2 aromatic carbocycles. The number of rotatable bonds is 7. The molecule has 0 bridgehead atoms. The Morgan fingerprint density at radius 2 is 1.91 bits per heavy atom. The van der Waals surface area contributed by atoms with Gasteiger partial charge in [0.15, 0.2) is 0 Å². The summed E-state index contributed by atoms with van der Waals surface area (Å²) in [5.74, 6) is 0.936. The Morgan fingerprint density at radius 3 is 2.59 bits per heavy atom. The minimum absolute atomic E-state index is 0.202. The van der Waals surface area contributed by atoms with Crippen LogP contribution >= 0.6 is 11.3 Å². The summed E-state index contributed by atoms with van der Waals surface area (Å²) in [6, 6.07) is 11.6. The molecular formula is C22H26N4O4S2. The molecule has 4 rings (SSSR count). The smallest absolute Gasteiger partial charge is 0.269 e. The maximum Gasteiger partial charge on any atom is 0.269 e. The van der Waals surface area contributed by atoms with Gasteiger partial charge in [0.2, 0.25) is 15.2 Å². The second-order valence-electron chi connectivity index (χ2n) is 7.77. The minimum Gasteiger partial charge on any atom is -0.494 e. The van der Waals surface area contributed by atoms with Crippen LogP contribution in [0.1, 0.15) is 37.0 Å². The van der Waals surface area contributed by atoms with Crippen LogP contribution in [0.4, 0.5) is 5.13 Å². The number of hydrazine groups is 1. The molecule has 0 aliphatic carbocycles. The third kappa shape index (κ3) is 4.87. The molecule has 1 amide bonds. The number of piperidine rings is 1. The summed E-state index contributed by atoms with van der Waals surface area (Å²) in [6.45, 7) is 5.71. The average molecular weight is 475 g/mol. The summed E-state index contributed by atoms with van der Waals surface area (Å²) in [5, 5.41) is 0.542. The maximum absolute atomic E-state index is 12.8. The predicted molar refractivity (Wildman–Crippen MR) is 125 cm³/mol. The summed E-state index contributed by atoms with van der Waals surface area (Å²) in [4.78, 5) is 17.1. The molecule has 1 aliphatic rings. The summed E-state index contributed by atoms with van der Waals surface area (Å²) in [5.41, 5.74) is 6.59. The molecule has 3 aromatic rings. The van der Waals surface area contributed by atoms with E-state index in [1.54, 1.807) is 0 Å². The van der Waals surface area contributed by atoms with Crippen molar-refractivity contribution in [2.45, 2.75) is 31.6 Å². The fourth-order valence-corrected chi connectivity index (χ4v) is 5.87. The highest BCUT2D eigenvalue weighted by molar-refractivity contribution is 7.89. The van der Waals surface area contributed by atoms with Crippen LogP contribution < -0.4 is 15.6 Å². The van der Waals surface area contributed by atoms with Crippen LogP contribution in [-0.4, -0.2) is 43.3 Å². The van der Waals surface area contributed by atoms with E-state index < -0.39 is 10.0 Å². The molecule has 0 spiro atoms. The molecular weight excluding hydrogens is 448 g/mol. The number of sulfonamides is 1. The molecule has 170 valence electrons. The van der Waals surface area contributed by atoms with Gasteiger partial charge in [-0.15, -0.1) is 0 Å². The van der Waals surface area contributed by atoms with Gasteiger partial charge in [-0.3, -0.25) is 15.6 Å². The van der Waals surface area contributed by atoms with Gasteiger partial charge < -0.3 is 4.74 Å². The lowest BCUT2D eigenvalue weighted by Gasteiger charge is -2.29. The van der Waals surface area contributed by atoms with E-state index >= 15 is 0 Å². The molecule has 32 heavy (non-hydrogen) atoms. The molecule has 1 fully saturated rings. The molecule has 2 N–H and O–H groups in total. The molecule has 0 unspecified atom stereocenters. The number of nitrogens with one attached hydrogen (secondary N) is 2. The number of fused-ring (bicyclic) bond motifs is 1. The van der Waals surface area contributed by atoms with Crippen LogP contribution in [0.3, 0.4) is 0 Å². The highest BCUT2D eigenvalue weighted by atomic mass is 32.2. The van der Waals surface area contributed by atoms with E-state index in [1.165, 1.54) is 39.9 Å². The number of carbonyl (C=O) groups excluding carboxylic acids is 1. The maximum atomic E-state index is 12.8. The van der Waals surface area contributed by atoms with Gasteiger partial charge >= 0.3 is 0 Å². The topological polar surface area (TPSA) is 101 Å². The summed E-state index contributed by atoms with van der Waals surface area (Å²) in [7, 11) is -3.54. The Kier molecular flexibility index (Phi) is 6.63. The normalized spacial score (nSPS) is 15.6. The lowest BCUT2D eigenvalue weighted by Crippen LogP contribution is -2.37. The molecule has 0 saturated carbocycles. The quantitative estimate of drug-likeness (QED) is 0.504. The van der Waals surface area contributed by atoms with Gasteiger partial charge in [-0.1, -0.05) is 18.3 Å². The van der Waals surface area contributed by atoms with Crippen LogP contribution in [-0.2, 0) is 10.0 Å². The van der Waals surface area contributed by atoms with E-state index in [4.69, 9.17) is 4.74 Å². The van der Waals surface area contributed by atoms with Crippen molar-refractivity contribution in [3.63, 3.8) is 0 Å². The zero-order valence-electron chi connectivity index (χ0n) is 18.0. The van der Waals surface area contributed by atoms with E-state index in [9.17, 15) is 13.2 Å². The van der Waals surface area contributed by atoms with Crippen LogP contribution in [0.15, 0.2) is 47.4 Å². The van der Waals surface area contributed by atoms with Crippen molar-refractivity contribution in [1.82, 2.24) is 14.7 Å². The van der Waals surface area contributed by atoms with Crippen LogP contribution in [0.2, 0.25) is 0 Å². The molecule has 1 saturated heterocycles. The van der Waals surface area contributed by atoms with Crippen molar-refractivity contribution in [1.29, 1.82) is 0 Å². The Labute approximate surface area is 191 Å². The van der Waals surface area contributed by atoms with Crippen LogP contribution in [0, 0.1) is 5.92 Å². The van der Waals surface area contributed by atoms with E-state index in [0.717, 1.165) is 28.8 Å². The molecule has 0 atom stereocenters. The van der Waals surface area contributed by atoms with Crippen molar-refractivity contribution in [3.05, 3.63) is 48.0 Å². The highest BCUT2D eigenvalue weighted by Crippen LogP contribution is 2.29. The number of anilines is 1. The van der Waals surface area contributed by atoms with Gasteiger partial charge in [0.05, 0.1) is 21.7 Å². The van der Waals surface area contributed by atoms with Crippen LogP contribution in [0.5, 0.6) is 5.75 Å². The summed E-state index contributed by atoms with van der Waals surface area (Å²) in [6.07, 6.45) is 1.73. The lowest BCUT2D eigenvalue weighted by atomic mass is 10.0. The second kappa shape index (κ2) is 9.43. The fraction of sp³-hybridized carbons (Fsp3) is 0.364. The number of ether oxygens (including phenoxy) is 1. The first-order valence-electron chi connectivity index (χ1n) is 10.6. The van der Waals surface area contributed by atoms with Gasteiger partial charge in [-0.05, 0) is 68.1 Å². The fourth-order valence-electron chi connectivity index (χ4n) is 3.55. The van der Waals surface area contributed by atoms with Gasteiger partial charge in [-0.2, -0.15) is 4.31 Å². The lowest BCUT2D eigenvalue weighted by molar-refractivity contribution is 0.0962. The number of thiazole rings is 1. The van der Waals surface area contributed by atoms with Gasteiger partial charge in [0.1, 0.15) is 5.75 Å². The second-order valence-corrected chi connectivity index (χ2v) is 10.7. The molecule has 10 heteroatoms. The third-order valence-corrected chi connectivity index (χ3v) is 8.30. The van der Waals surface area contributed by atoms with Crippen molar-refractivity contribution in [2.24, 2.45) is 5.92 Å². The number of carbonyl (C=O) groups is 1. The standard InChI is InChI=1S/C22H26N4O4S2/c1-3-30-17-6-9-19-20(14-17)31-22(23-19)25-24-21(27)16-4-7-18(8-5-16)32(28,29)26-12-10-15(2)11-13-26/h4-9,14-15H,3,10-13H2,1-2H3,(H,23,25)(H,24,27). The first kappa shape index (κ1) is 22.5. The third-order valence-electron chi connectivity index (χ3n) is 5.45. The Balaban J connectivity index is 1.39. The molecule has 0 radical (unpaired) electrons. The molecule has 1 aromatic heterocycles. The van der Waals surface area contributed by atoms with Crippen molar-refractivity contribution in [3.8, 4) is 5.75 Å². The van der Waals surface area contributed by atoms with Crippen LogP contribution in [0.25, 0.3) is 10.2 Å². The number of aromatic nitrogens is 1. The largest absolute Gasteiger partial charge is 0.494 e. The zero-order chi connectivity index (χ0) is 22.7. The monoisotopic (exact) mass is 474 g/mol. The number of benzene rings is 2. The Hall–Kier alpha value is -2.69. The first-order valence-corrected chi connectivity index (χ1v) is 12.8. The van der Waals surface area contributed by atoms with Gasteiger partial charge in [0.25, 0.3) is 5.91 Å². The van der Waals surface area contributed by atoms with Crippen molar-refractivity contribution in [2.75, 3.05) is 25.1 Å². The van der Waals surface area contributed by atoms with Gasteiger partial charge in [0, 0.05) is 18.7 Å². The van der Waals surface area contributed by atoms with E-state index in [-0.39, 0.29) is 10.8 Å². The predicted octanol–water partition coefficient (Wildman–Crippen LogP) is 3.87. The highest BCUT2D eigenvalue weighted by Gasteiger charge is 2.28. The average Bonchev–Trinajstić information content (AvgIpc) is 3.20. The summed E-state index contributed by atoms with van der Waals surface area (Å²) < 4.78 is 33.6. The molecule has 2 heterocycles. The Morgan fingerprint density at radius 1 is 1.19 bits per heavy atom.